The number of rotatable bonds is 15. The Kier molecular flexibility index (Phi) is 10.8. The van der Waals surface area contributed by atoms with Crippen molar-refractivity contribution in [1.29, 1.82) is 0 Å². The molecule has 0 bridgehead atoms. The first-order chi connectivity index (χ1) is 16.6. The van der Waals surface area contributed by atoms with E-state index in [0.717, 1.165) is 6.42 Å². The van der Waals surface area contributed by atoms with E-state index in [4.69, 9.17) is 24.5 Å². The molecule has 3 unspecified atom stereocenters. The molecule has 0 aliphatic carbocycles. The van der Waals surface area contributed by atoms with Gasteiger partial charge in [0, 0.05) is 6.54 Å². The maximum atomic E-state index is 13.5. The number of carbonyl (C=O) groups excluding carboxylic acids is 2. The Morgan fingerprint density at radius 3 is 2.66 bits per heavy atom. The quantitative estimate of drug-likeness (QED) is 0.174. The molecule has 0 spiro atoms. The molecule has 0 radical (unpaired) electrons. The van der Waals surface area contributed by atoms with Crippen LogP contribution in [0.15, 0.2) is 11.1 Å². The number of nitrogen functional groups attached to an aromatic ring is 1. The van der Waals surface area contributed by atoms with Crippen LogP contribution in [0, 0.1) is 0 Å². The van der Waals surface area contributed by atoms with Gasteiger partial charge in [-0.25, -0.2) is 14.9 Å². The number of esters is 2. The van der Waals surface area contributed by atoms with E-state index in [1.54, 1.807) is 11.5 Å². The molecule has 0 aromatic carbocycles. The number of fused-ring (bicyclic) bond motifs is 1. The zero-order valence-electron chi connectivity index (χ0n) is 20.3. The van der Waals surface area contributed by atoms with Crippen molar-refractivity contribution in [3.05, 3.63) is 16.7 Å². The molecule has 196 valence electrons. The molecule has 3 atom stereocenters. The number of aromatic nitrogens is 4. The van der Waals surface area contributed by atoms with Crippen LogP contribution in [0.5, 0.6) is 0 Å². The average Bonchev–Trinajstić information content (AvgIpc) is 3.19. The second kappa shape index (κ2) is 13.3. The van der Waals surface area contributed by atoms with Crippen LogP contribution in [0.4, 0.5) is 5.95 Å². The highest BCUT2D eigenvalue weighted by atomic mass is 31.2. The third kappa shape index (κ3) is 8.42. The minimum Gasteiger partial charge on any atom is -0.465 e. The smallest absolute Gasteiger partial charge is 0.335 e. The number of nitrogens with one attached hydrogen (secondary N) is 2. The van der Waals surface area contributed by atoms with Gasteiger partial charge >= 0.3 is 11.9 Å². The largest absolute Gasteiger partial charge is 0.465 e. The summed E-state index contributed by atoms with van der Waals surface area (Å²) in [5, 5.41) is 2.60. The second-order valence-corrected chi connectivity index (χ2v) is 9.72. The molecular formula is C20H33N6O8P. The molecule has 15 heteroatoms. The van der Waals surface area contributed by atoms with Gasteiger partial charge in [-0.05, 0) is 27.2 Å². The number of aromatic amines is 1. The number of unbranched alkanes of at least 4 members (excludes halogenated alkanes) is 1. The zero-order valence-corrected chi connectivity index (χ0v) is 21.2. The van der Waals surface area contributed by atoms with Gasteiger partial charge in [0.15, 0.2) is 17.3 Å². The first-order valence-corrected chi connectivity index (χ1v) is 13.1. The lowest BCUT2D eigenvalue weighted by Gasteiger charge is -2.25. The molecule has 0 aliphatic heterocycles. The van der Waals surface area contributed by atoms with Crippen molar-refractivity contribution < 1.29 is 32.9 Å². The Morgan fingerprint density at radius 1 is 1.23 bits per heavy atom. The van der Waals surface area contributed by atoms with Crippen LogP contribution in [-0.4, -0.2) is 69.8 Å². The van der Waals surface area contributed by atoms with E-state index in [2.05, 4.69) is 20.0 Å². The van der Waals surface area contributed by atoms with Crippen molar-refractivity contribution in [3.63, 3.8) is 0 Å². The number of hydrogen-bond acceptors (Lipinski definition) is 11. The summed E-state index contributed by atoms with van der Waals surface area (Å²) in [5.41, 5.74) is 5.51. The number of nitrogens with zero attached hydrogens (tertiary/aromatic N) is 3. The van der Waals surface area contributed by atoms with Gasteiger partial charge in [-0.2, -0.15) is 4.98 Å². The fourth-order valence-corrected chi connectivity index (χ4v) is 4.79. The lowest BCUT2D eigenvalue weighted by atomic mass is 10.3. The van der Waals surface area contributed by atoms with E-state index >= 15 is 0 Å². The lowest BCUT2D eigenvalue weighted by Crippen LogP contribution is -2.36. The first kappa shape index (κ1) is 28.4. The molecule has 4 N–H and O–H groups in total. The summed E-state index contributed by atoms with van der Waals surface area (Å²) < 4.78 is 36.1. The number of carbonyl (C=O) groups is 2. The highest BCUT2D eigenvalue weighted by Crippen LogP contribution is 2.44. The minimum atomic E-state index is -3.86. The van der Waals surface area contributed by atoms with Crippen LogP contribution in [-0.2, 0) is 39.4 Å². The fraction of sp³-hybridized carbons (Fsp3) is 0.650. The predicted octanol–water partition coefficient (Wildman–Crippen LogP) is 1.16. The van der Waals surface area contributed by atoms with Gasteiger partial charge in [-0.3, -0.25) is 19.1 Å². The van der Waals surface area contributed by atoms with E-state index in [9.17, 15) is 18.9 Å². The van der Waals surface area contributed by atoms with Crippen molar-refractivity contribution in [3.8, 4) is 0 Å². The van der Waals surface area contributed by atoms with Crippen molar-refractivity contribution in [2.24, 2.45) is 0 Å². The van der Waals surface area contributed by atoms with Gasteiger partial charge in [-0.1, -0.05) is 13.3 Å². The third-order valence-electron chi connectivity index (χ3n) is 4.66. The van der Waals surface area contributed by atoms with Crippen molar-refractivity contribution in [2.75, 3.05) is 31.9 Å². The standard InChI is InChI=1S/C20H33N6O8P/c1-5-7-9-33-19(29)14(4)34-35(30,25-13(3)18(28)32-6-2)12-31-10-8-26-11-22-15-16(26)23-20(21)24-17(15)27/h11,13-14H,5-10,12H2,1-4H3,(H,25,30)(H3,21,23,24,27). The van der Waals surface area contributed by atoms with E-state index in [1.165, 1.54) is 20.2 Å². The highest BCUT2D eigenvalue weighted by molar-refractivity contribution is 7.56. The maximum absolute atomic E-state index is 13.5. The van der Waals surface area contributed by atoms with Gasteiger partial charge in [0.25, 0.3) is 13.1 Å². The van der Waals surface area contributed by atoms with Crippen LogP contribution in [0.1, 0.15) is 40.5 Å². The minimum absolute atomic E-state index is 0.0258. The van der Waals surface area contributed by atoms with Gasteiger partial charge < -0.3 is 29.0 Å². The third-order valence-corrected chi connectivity index (χ3v) is 6.62. The molecule has 14 nitrogen and oxygen atoms in total. The Labute approximate surface area is 202 Å². The number of imidazole rings is 1. The second-order valence-electron chi connectivity index (χ2n) is 7.64. The summed E-state index contributed by atoms with van der Waals surface area (Å²) in [6.07, 6.45) is 1.32. The van der Waals surface area contributed by atoms with Crippen LogP contribution in [0.2, 0.25) is 0 Å². The Hall–Kier alpha value is -2.80. The number of H-pyrrole nitrogens is 1. The topological polar surface area (TPSA) is 190 Å². The summed E-state index contributed by atoms with van der Waals surface area (Å²) in [6, 6.07) is -0.982. The monoisotopic (exact) mass is 516 g/mol. The fourth-order valence-electron chi connectivity index (χ4n) is 2.93. The van der Waals surface area contributed by atoms with E-state index in [-0.39, 0.29) is 43.5 Å². The van der Waals surface area contributed by atoms with Crippen molar-refractivity contribution in [2.45, 2.75) is 59.2 Å². The van der Waals surface area contributed by atoms with Gasteiger partial charge in [-0.15, -0.1) is 0 Å². The summed E-state index contributed by atoms with van der Waals surface area (Å²) in [6.45, 7) is 7.06. The molecule has 2 heterocycles. The summed E-state index contributed by atoms with van der Waals surface area (Å²) in [4.78, 5) is 46.6. The zero-order chi connectivity index (χ0) is 26.0. The Balaban J connectivity index is 2.04. The number of ether oxygens (including phenoxy) is 3. The lowest BCUT2D eigenvalue weighted by molar-refractivity contribution is -0.151. The van der Waals surface area contributed by atoms with Crippen LogP contribution >= 0.6 is 7.52 Å². The van der Waals surface area contributed by atoms with E-state index in [1.807, 2.05) is 6.92 Å². The molecule has 0 amide bonds. The number of nitrogens with two attached hydrogens (primary N) is 1. The molecular weight excluding hydrogens is 483 g/mol. The van der Waals surface area contributed by atoms with Crippen LogP contribution in [0.3, 0.4) is 0 Å². The number of anilines is 1. The summed E-state index contributed by atoms with van der Waals surface area (Å²) in [5.74, 6) is -1.36. The van der Waals surface area contributed by atoms with Crippen LogP contribution < -0.4 is 16.4 Å². The van der Waals surface area contributed by atoms with Crippen LogP contribution in [0.25, 0.3) is 11.2 Å². The summed E-state index contributed by atoms with van der Waals surface area (Å²) >= 11 is 0. The molecule has 2 aromatic rings. The molecule has 0 saturated heterocycles. The molecule has 0 saturated carbocycles. The Morgan fingerprint density at radius 2 is 1.97 bits per heavy atom. The average molecular weight is 516 g/mol. The van der Waals surface area contributed by atoms with Crippen molar-refractivity contribution >= 4 is 36.6 Å². The normalized spacial score (nSPS) is 14.9. The van der Waals surface area contributed by atoms with E-state index in [0.29, 0.717) is 6.42 Å². The predicted molar refractivity (Wildman–Crippen MR) is 127 cm³/mol. The summed E-state index contributed by atoms with van der Waals surface area (Å²) in [7, 11) is -3.86. The van der Waals surface area contributed by atoms with E-state index < -0.39 is 43.5 Å². The highest BCUT2D eigenvalue weighted by Gasteiger charge is 2.33. The maximum Gasteiger partial charge on any atom is 0.335 e. The Bertz CT molecular complexity index is 1100. The van der Waals surface area contributed by atoms with Crippen molar-refractivity contribution in [1.82, 2.24) is 24.6 Å². The molecule has 35 heavy (non-hydrogen) atoms. The molecule has 2 aromatic heterocycles. The molecule has 0 fully saturated rings. The molecule has 2 rings (SSSR count). The SMILES string of the molecule is CCCCOC(=O)C(C)OP(=O)(COCCn1cnc2c(=O)[nH]c(N)nc21)NC(C)C(=O)OCC. The first-order valence-electron chi connectivity index (χ1n) is 11.3. The van der Waals surface area contributed by atoms with Gasteiger partial charge in [0.05, 0.1) is 26.1 Å². The molecule has 0 aliphatic rings. The van der Waals surface area contributed by atoms with Gasteiger partial charge in [0.1, 0.15) is 12.4 Å². The number of hydrogen-bond donors (Lipinski definition) is 3. The van der Waals surface area contributed by atoms with Gasteiger partial charge in [0.2, 0.25) is 5.95 Å².